The summed E-state index contributed by atoms with van der Waals surface area (Å²) in [6, 6.07) is 8.30. The highest BCUT2D eigenvalue weighted by Gasteiger charge is 2.33. The summed E-state index contributed by atoms with van der Waals surface area (Å²) in [7, 11) is 2.19. The van der Waals surface area contributed by atoms with Gasteiger partial charge >= 0.3 is 0 Å². The van der Waals surface area contributed by atoms with Gasteiger partial charge in [-0.3, -0.25) is 14.5 Å². The second kappa shape index (κ2) is 9.24. The van der Waals surface area contributed by atoms with Crippen molar-refractivity contribution in [3.05, 3.63) is 36.0 Å². The first-order valence-corrected chi connectivity index (χ1v) is 11.8. The maximum Gasteiger partial charge on any atom is 0.254 e. The fraction of sp³-hybridized carbons (Fsp3) is 0.600. The Balaban J connectivity index is 1.38. The van der Waals surface area contributed by atoms with Crippen LogP contribution < -0.4 is 0 Å². The van der Waals surface area contributed by atoms with E-state index in [0.29, 0.717) is 11.6 Å². The molecule has 174 valence electrons. The molecule has 0 bridgehead atoms. The maximum atomic E-state index is 13.4. The number of aromatic nitrogens is 1. The van der Waals surface area contributed by atoms with Gasteiger partial charge in [0.2, 0.25) is 5.91 Å². The van der Waals surface area contributed by atoms with Crippen molar-refractivity contribution >= 4 is 22.7 Å². The van der Waals surface area contributed by atoms with Crippen molar-refractivity contribution < 1.29 is 9.59 Å². The number of piperazine rings is 1. The van der Waals surface area contributed by atoms with Gasteiger partial charge in [0.15, 0.2) is 0 Å². The molecule has 0 atom stereocenters. The molecule has 1 N–H and O–H groups in total. The van der Waals surface area contributed by atoms with Crippen molar-refractivity contribution in [2.75, 3.05) is 52.9 Å². The van der Waals surface area contributed by atoms with Crippen LogP contribution in [0.15, 0.2) is 30.5 Å². The summed E-state index contributed by atoms with van der Waals surface area (Å²) in [4.78, 5) is 38.3. The normalized spacial score (nSPS) is 19.4. The number of aromatic amines is 1. The summed E-state index contributed by atoms with van der Waals surface area (Å²) in [5.74, 6) is -0.0652. The molecule has 0 aliphatic carbocycles. The number of hydrogen-bond acceptors (Lipinski definition) is 4. The summed E-state index contributed by atoms with van der Waals surface area (Å²) in [5, 5.41) is 1.07. The predicted molar refractivity (Wildman–Crippen MR) is 128 cm³/mol. The zero-order chi connectivity index (χ0) is 22.9. The van der Waals surface area contributed by atoms with Crippen LogP contribution in [0.1, 0.15) is 44.0 Å². The Hall–Kier alpha value is -2.38. The van der Waals surface area contributed by atoms with Crippen molar-refractivity contribution in [2.24, 2.45) is 0 Å². The minimum atomic E-state index is -0.451. The molecule has 0 unspecified atom stereocenters. The zero-order valence-corrected chi connectivity index (χ0v) is 19.9. The molecule has 0 saturated carbocycles. The molecule has 0 radical (unpaired) electrons. The number of rotatable bonds is 4. The average Bonchev–Trinajstić information content (AvgIpc) is 3.24. The van der Waals surface area contributed by atoms with Gasteiger partial charge in [-0.1, -0.05) is 6.07 Å². The lowest BCUT2D eigenvalue weighted by Gasteiger charge is -2.43. The molecule has 7 nitrogen and oxygen atoms in total. The van der Waals surface area contributed by atoms with Crippen LogP contribution in [0.5, 0.6) is 0 Å². The number of likely N-dealkylation sites (tertiary alicyclic amines) is 1. The fourth-order valence-corrected chi connectivity index (χ4v) is 4.88. The molecule has 0 spiro atoms. The molecule has 2 fully saturated rings. The number of nitrogens with zero attached hydrogens (tertiary/aromatic N) is 4. The molecule has 1 aromatic heterocycles. The van der Waals surface area contributed by atoms with Crippen molar-refractivity contribution in [2.45, 2.75) is 45.2 Å². The van der Waals surface area contributed by atoms with E-state index in [1.165, 1.54) is 12.8 Å². The quantitative estimate of drug-likeness (QED) is 0.796. The van der Waals surface area contributed by atoms with Crippen LogP contribution in [0, 0.1) is 0 Å². The maximum absolute atomic E-state index is 13.4. The van der Waals surface area contributed by atoms with Crippen LogP contribution in [-0.4, -0.2) is 101 Å². The lowest BCUT2D eigenvalue weighted by atomic mass is 10.0. The number of H-pyrrole nitrogens is 1. The van der Waals surface area contributed by atoms with Crippen LogP contribution in [-0.2, 0) is 4.79 Å². The van der Waals surface area contributed by atoms with E-state index in [1.54, 1.807) is 4.90 Å². The molecule has 2 aliphatic rings. The second-order valence-electron chi connectivity index (χ2n) is 10.3. The molecular weight excluding hydrogens is 402 g/mol. The first-order valence-electron chi connectivity index (χ1n) is 11.8. The lowest BCUT2D eigenvalue weighted by molar-refractivity contribution is -0.135. The highest BCUT2D eigenvalue weighted by Crippen LogP contribution is 2.22. The van der Waals surface area contributed by atoms with Crippen LogP contribution in [0.3, 0.4) is 0 Å². The largest absolute Gasteiger partial charge is 0.361 e. The van der Waals surface area contributed by atoms with Gasteiger partial charge in [0.1, 0.15) is 6.54 Å². The lowest BCUT2D eigenvalue weighted by Crippen LogP contribution is -2.57. The van der Waals surface area contributed by atoms with E-state index < -0.39 is 5.54 Å². The predicted octanol–water partition coefficient (Wildman–Crippen LogP) is 2.65. The SMILES string of the molecule is CN1CCC(N2CCN(C(=O)CN(C(=O)c3ccc4cc[nH]c4c3)C(C)(C)C)CC2)CC1. The topological polar surface area (TPSA) is 62.9 Å². The summed E-state index contributed by atoms with van der Waals surface area (Å²) in [6.07, 6.45) is 4.29. The van der Waals surface area contributed by atoms with Gasteiger partial charge < -0.3 is 19.7 Å². The molecular formula is C25H37N5O2. The highest BCUT2D eigenvalue weighted by molar-refractivity contribution is 5.99. The number of hydrogen-bond donors (Lipinski definition) is 1. The van der Waals surface area contributed by atoms with Gasteiger partial charge in [-0.2, -0.15) is 0 Å². The zero-order valence-electron chi connectivity index (χ0n) is 19.9. The highest BCUT2D eigenvalue weighted by atomic mass is 16.2. The number of benzene rings is 1. The monoisotopic (exact) mass is 439 g/mol. The Morgan fingerprint density at radius 2 is 1.72 bits per heavy atom. The third-order valence-corrected chi connectivity index (χ3v) is 7.02. The number of amides is 2. The van der Waals surface area contributed by atoms with E-state index in [-0.39, 0.29) is 18.4 Å². The Morgan fingerprint density at radius 1 is 1.03 bits per heavy atom. The van der Waals surface area contributed by atoms with E-state index >= 15 is 0 Å². The van der Waals surface area contributed by atoms with Gasteiger partial charge in [-0.15, -0.1) is 0 Å². The molecule has 2 amide bonds. The van der Waals surface area contributed by atoms with Crippen LogP contribution in [0.2, 0.25) is 0 Å². The third kappa shape index (κ3) is 4.99. The number of carbonyl (C=O) groups excluding carboxylic acids is 2. The standard InChI is InChI=1S/C25H37N5O2/c1-25(2,3)30(24(32)20-6-5-19-7-10-26-22(19)17-20)18-23(31)29-15-13-28(14-16-29)21-8-11-27(4)12-9-21/h5-7,10,17,21,26H,8-9,11-16,18H2,1-4H3. The Kier molecular flexibility index (Phi) is 6.58. The molecule has 2 aliphatic heterocycles. The summed E-state index contributed by atoms with van der Waals surface area (Å²) in [5.41, 5.74) is 1.09. The van der Waals surface area contributed by atoms with E-state index in [4.69, 9.17) is 0 Å². The molecule has 32 heavy (non-hydrogen) atoms. The summed E-state index contributed by atoms with van der Waals surface area (Å²) < 4.78 is 0. The van der Waals surface area contributed by atoms with Gasteiger partial charge in [0.25, 0.3) is 5.91 Å². The van der Waals surface area contributed by atoms with E-state index in [9.17, 15) is 9.59 Å². The Labute approximate surface area is 191 Å². The van der Waals surface area contributed by atoms with Crippen LogP contribution in [0.25, 0.3) is 10.9 Å². The molecule has 7 heteroatoms. The molecule has 2 aromatic rings. The molecule has 1 aromatic carbocycles. The van der Waals surface area contributed by atoms with Gasteiger partial charge in [0.05, 0.1) is 0 Å². The van der Waals surface area contributed by atoms with E-state index in [0.717, 1.165) is 50.2 Å². The Morgan fingerprint density at radius 3 is 2.38 bits per heavy atom. The van der Waals surface area contributed by atoms with Crippen LogP contribution in [0.4, 0.5) is 0 Å². The smallest absolute Gasteiger partial charge is 0.254 e. The number of nitrogens with one attached hydrogen (secondary N) is 1. The minimum absolute atomic E-state index is 0.0391. The first kappa shape index (κ1) is 22.8. The number of fused-ring (bicyclic) bond motifs is 1. The second-order valence-corrected chi connectivity index (χ2v) is 10.3. The van der Waals surface area contributed by atoms with Gasteiger partial charge in [0, 0.05) is 55.0 Å². The fourth-order valence-electron chi connectivity index (χ4n) is 4.88. The summed E-state index contributed by atoms with van der Waals surface area (Å²) in [6.45, 7) is 11.7. The number of carbonyl (C=O) groups is 2. The first-order chi connectivity index (χ1) is 15.2. The summed E-state index contributed by atoms with van der Waals surface area (Å²) >= 11 is 0. The van der Waals surface area contributed by atoms with Crippen molar-refractivity contribution in [3.8, 4) is 0 Å². The third-order valence-electron chi connectivity index (χ3n) is 7.02. The van der Waals surface area contributed by atoms with Crippen molar-refractivity contribution in [1.82, 2.24) is 24.6 Å². The molecule has 2 saturated heterocycles. The Bertz CT molecular complexity index is 947. The van der Waals surface area contributed by atoms with Crippen molar-refractivity contribution in [3.63, 3.8) is 0 Å². The van der Waals surface area contributed by atoms with Gasteiger partial charge in [-0.05, 0) is 77.3 Å². The van der Waals surface area contributed by atoms with Crippen LogP contribution >= 0.6 is 0 Å². The number of piperidine rings is 1. The van der Waals surface area contributed by atoms with Gasteiger partial charge in [-0.25, -0.2) is 0 Å². The van der Waals surface area contributed by atoms with Crippen molar-refractivity contribution in [1.29, 1.82) is 0 Å². The van der Waals surface area contributed by atoms with E-state index in [2.05, 4.69) is 21.8 Å². The molecule has 4 rings (SSSR count). The minimum Gasteiger partial charge on any atom is -0.361 e. The molecule has 3 heterocycles. The van der Waals surface area contributed by atoms with E-state index in [1.807, 2.05) is 56.1 Å². The average molecular weight is 440 g/mol.